The topological polar surface area (TPSA) is 44.4 Å². The van der Waals surface area contributed by atoms with Crippen LogP contribution in [0.25, 0.3) is 54.9 Å². The summed E-state index contributed by atoms with van der Waals surface area (Å²) in [5.74, 6) is 1.21. The SMILES string of the molecule is CC1(C)c2ccccc2Sc2cc3c(cc21)c1cccnc1n3-c1[c-]c(Oc2[c-]c3c(cc2)c2ccccc2n2ccnc32)ccc1.[Pd+2]. The quantitative estimate of drug-likeness (QED) is 0.103. The van der Waals surface area contributed by atoms with Gasteiger partial charge in [-0.25, -0.2) is 4.98 Å². The number of fused-ring (bicyclic) bond motifs is 11. The molecule has 0 spiro atoms. The van der Waals surface area contributed by atoms with Crippen molar-refractivity contribution in [1.29, 1.82) is 0 Å². The second-order valence-corrected chi connectivity index (χ2v) is 13.6. The van der Waals surface area contributed by atoms with Crippen LogP contribution >= 0.6 is 11.8 Å². The number of hydrogen-bond acceptors (Lipinski definition) is 4. The third-order valence-electron chi connectivity index (χ3n) is 9.53. The second kappa shape index (κ2) is 10.8. The molecule has 1 aliphatic rings. The van der Waals surface area contributed by atoms with Gasteiger partial charge in [-0.3, -0.25) is 4.98 Å². The molecule has 0 aliphatic carbocycles. The van der Waals surface area contributed by atoms with Gasteiger partial charge in [-0.05, 0) is 52.9 Å². The molecule has 5 aromatic carbocycles. The Morgan fingerprint density at radius 3 is 2.40 bits per heavy atom. The molecule has 0 unspecified atom stereocenters. The van der Waals surface area contributed by atoms with E-state index in [1.165, 1.54) is 26.3 Å². The number of para-hydroxylation sites is 1. The maximum absolute atomic E-state index is 6.46. The normalized spacial score (nSPS) is 13.5. The summed E-state index contributed by atoms with van der Waals surface area (Å²) in [7, 11) is 0. The molecule has 5 nitrogen and oxygen atoms in total. The van der Waals surface area contributed by atoms with Gasteiger partial charge in [0.05, 0.1) is 11.2 Å². The molecule has 10 rings (SSSR count). The molecule has 7 heteroatoms. The Kier molecular flexibility index (Phi) is 6.58. The summed E-state index contributed by atoms with van der Waals surface area (Å²) in [6, 6.07) is 43.1. The van der Waals surface area contributed by atoms with Crippen LogP contribution in [-0.2, 0) is 25.8 Å². The van der Waals surface area contributed by atoms with Crippen LogP contribution in [0, 0.1) is 12.1 Å². The molecular formula is C41H26N4OPdS. The Bertz CT molecular complexity index is 2740. The number of ether oxygens (including phenoxy) is 1. The van der Waals surface area contributed by atoms with Crippen LogP contribution in [0.3, 0.4) is 0 Å². The van der Waals surface area contributed by atoms with Gasteiger partial charge in [0.25, 0.3) is 0 Å². The minimum Gasteiger partial charge on any atom is -0.503 e. The van der Waals surface area contributed by atoms with Crippen LogP contribution in [0.2, 0.25) is 0 Å². The van der Waals surface area contributed by atoms with Crippen LogP contribution < -0.4 is 4.74 Å². The zero-order valence-electron chi connectivity index (χ0n) is 26.0. The van der Waals surface area contributed by atoms with Crippen molar-refractivity contribution in [2.75, 3.05) is 0 Å². The van der Waals surface area contributed by atoms with Gasteiger partial charge in [0.15, 0.2) is 0 Å². The number of pyridine rings is 2. The first kappa shape index (κ1) is 29.2. The van der Waals surface area contributed by atoms with E-state index in [0.717, 1.165) is 49.6 Å². The predicted octanol–water partition coefficient (Wildman–Crippen LogP) is 10.3. The molecule has 0 amide bonds. The van der Waals surface area contributed by atoms with E-state index in [2.05, 4.69) is 119 Å². The van der Waals surface area contributed by atoms with E-state index in [1.54, 1.807) is 0 Å². The Labute approximate surface area is 294 Å². The molecule has 232 valence electrons. The molecule has 5 heterocycles. The van der Waals surface area contributed by atoms with Gasteiger partial charge >= 0.3 is 20.4 Å². The molecular weight excluding hydrogens is 703 g/mol. The minimum absolute atomic E-state index is 0. The Balaban J connectivity index is 0.00000314. The number of imidazole rings is 1. The van der Waals surface area contributed by atoms with E-state index in [-0.39, 0.29) is 25.8 Å². The maximum Gasteiger partial charge on any atom is 2.00 e. The van der Waals surface area contributed by atoms with Gasteiger partial charge < -0.3 is 13.7 Å². The molecule has 0 bridgehead atoms. The zero-order chi connectivity index (χ0) is 31.3. The molecule has 9 aromatic rings. The number of hydrogen-bond donors (Lipinski definition) is 0. The van der Waals surface area contributed by atoms with E-state index in [0.29, 0.717) is 11.5 Å². The first-order chi connectivity index (χ1) is 23.0. The molecule has 0 radical (unpaired) electrons. The van der Waals surface area contributed by atoms with E-state index in [1.807, 2.05) is 54.6 Å². The number of aromatic nitrogens is 4. The van der Waals surface area contributed by atoms with Crippen LogP contribution in [0.4, 0.5) is 0 Å². The van der Waals surface area contributed by atoms with Crippen LogP contribution in [0.1, 0.15) is 25.0 Å². The van der Waals surface area contributed by atoms with Crippen molar-refractivity contribution >= 4 is 61.0 Å². The van der Waals surface area contributed by atoms with Gasteiger partial charge in [0, 0.05) is 61.6 Å². The van der Waals surface area contributed by atoms with Crippen LogP contribution in [0.5, 0.6) is 11.5 Å². The van der Waals surface area contributed by atoms with Crippen molar-refractivity contribution in [3.8, 4) is 17.2 Å². The van der Waals surface area contributed by atoms with E-state index < -0.39 is 0 Å². The third kappa shape index (κ3) is 4.22. The van der Waals surface area contributed by atoms with Crippen molar-refractivity contribution < 1.29 is 25.2 Å². The Morgan fingerprint density at radius 1 is 0.646 bits per heavy atom. The van der Waals surface area contributed by atoms with Crippen molar-refractivity contribution in [1.82, 2.24) is 18.9 Å². The smallest absolute Gasteiger partial charge is 0.503 e. The minimum atomic E-state index is -0.119. The first-order valence-electron chi connectivity index (χ1n) is 15.7. The zero-order valence-corrected chi connectivity index (χ0v) is 28.3. The van der Waals surface area contributed by atoms with E-state index in [9.17, 15) is 0 Å². The largest absolute Gasteiger partial charge is 2.00 e. The average Bonchev–Trinajstić information content (AvgIpc) is 3.72. The molecule has 0 atom stereocenters. The fourth-order valence-corrected chi connectivity index (χ4v) is 8.71. The second-order valence-electron chi connectivity index (χ2n) is 12.6. The fraction of sp³-hybridized carbons (Fsp3) is 0.0732. The van der Waals surface area contributed by atoms with Crippen molar-refractivity contribution in [3.63, 3.8) is 0 Å². The van der Waals surface area contributed by atoms with Gasteiger partial charge in [0.2, 0.25) is 0 Å². The molecule has 1 aliphatic heterocycles. The van der Waals surface area contributed by atoms with Gasteiger partial charge in [-0.15, -0.1) is 30.3 Å². The van der Waals surface area contributed by atoms with Gasteiger partial charge in [-0.2, -0.15) is 6.07 Å². The predicted molar refractivity (Wildman–Crippen MR) is 189 cm³/mol. The molecule has 0 N–H and O–H groups in total. The summed E-state index contributed by atoms with van der Waals surface area (Å²) in [6.07, 6.45) is 5.68. The number of nitrogens with zero attached hydrogens (tertiary/aromatic N) is 4. The summed E-state index contributed by atoms with van der Waals surface area (Å²) in [5, 5.41) is 5.45. The molecule has 0 saturated heterocycles. The Hall–Kier alpha value is -4.93. The molecule has 0 fully saturated rings. The summed E-state index contributed by atoms with van der Waals surface area (Å²) in [6.45, 7) is 4.65. The van der Waals surface area contributed by atoms with E-state index in [4.69, 9.17) is 9.72 Å². The average molecular weight is 729 g/mol. The summed E-state index contributed by atoms with van der Waals surface area (Å²) >= 11 is 1.84. The molecule has 4 aromatic heterocycles. The summed E-state index contributed by atoms with van der Waals surface area (Å²) in [5.41, 5.74) is 7.40. The van der Waals surface area contributed by atoms with E-state index >= 15 is 0 Å². The number of benzene rings is 5. The van der Waals surface area contributed by atoms with Crippen LogP contribution in [-0.4, -0.2) is 18.9 Å². The fourth-order valence-electron chi connectivity index (χ4n) is 7.30. The van der Waals surface area contributed by atoms with Crippen LogP contribution in [0.15, 0.2) is 132 Å². The van der Waals surface area contributed by atoms with Gasteiger partial charge in [0.1, 0.15) is 5.65 Å². The first-order valence-corrected chi connectivity index (χ1v) is 16.5. The van der Waals surface area contributed by atoms with Crippen molar-refractivity contribution in [2.45, 2.75) is 29.1 Å². The third-order valence-corrected chi connectivity index (χ3v) is 10.7. The number of rotatable bonds is 3. The van der Waals surface area contributed by atoms with Crippen molar-refractivity contribution in [3.05, 3.63) is 145 Å². The maximum atomic E-state index is 6.46. The van der Waals surface area contributed by atoms with Crippen molar-refractivity contribution in [2.24, 2.45) is 0 Å². The molecule has 0 saturated carbocycles. The standard InChI is InChI=1S/C41H26N4OS.Pd/c1-41(2)33-13-4-6-15-37(33)47-38-24-36-31(23-34(38)41)30-12-8-18-42-40(30)45(36)25-9-7-10-26(21-25)46-27-16-17-28-29-11-3-5-14-35(29)44-20-19-43-39(44)32(28)22-27;/h3-20,23-24H,1-2H3;/q-2;+2. The summed E-state index contributed by atoms with van der Waals surface area (Å²) < 4.78 is 10.8. The summed E-state index contributed by atoms with van der Waals surface area (Å²) in [4.78, 5) is 12.1. The molecule has 48 heavy (non-hydrogen) atoms. The Morgan fingerprint density at radius 2 is 1.46 bits per heavy atom. The van der Waals surface area contributed by atoms with Gasteiger partial charge in [-0.1, -0.05) is 84.5 Å². The monoisotopic (exact) mass is 728 g/mol.